The molecule has 0 aliphatic heterocycles. The standard InChI is InChI=1S/C12H24N2O5S/c1-7(2)6-9(14-20(5,18)19)11(15)13-10(8(3)4)12(16)17/h7-10,14H,6H2,1-5H3,(H,13,15)(H,16,17)/t9?,10-/m1/s1. The Balaban J connectivity index is 4.99. The zero-order valence-corrected chi connectivity index (χ0v) is 13.3. The summed E-state index contributed by atoms with van der Waals surface area (Å²) in [7, 11) is -3.55. The van der Waals surface area contributed by atoms with Gasteiger partial charge in [-0.3, -0.25) is 4.79 Å². The summed E-state index contributed by atoms with van der Waals surface area (Å²) in [6.45, 7) is 7.03. The lowest BCUT2D eigenvalue weighted by Crippen LogP contribution is -2.53. The number of carboxylic acid groups (broad SMARTS) is 1. The van der Waals surface area contributed by atoms with Gasteiger partial charge in [-0.25, -0.2) is 17.9 Å². The third-order valence-electron chi connectivity index (χ3n) is 2.61. The van der Waals surface area contributed by atoms with Gasteiger partial charge in [-0.15, -0.1) is 0 Å². The first kappa shape index (κ1) is 18.9. The van der Waals surface area contributed by atoms with Crippen molar-refractivity contribution in [3.8, 4) is 0 Å². The van der Waals surface area contributed by atoms with Crippen molar-refractivity contribution in [3.63, 3.8) is 0 Å². The lowest BCUT2D eigenvalue weighted by molar-refractivity contribution is -0.143. The summed E-state index contributed by atoms with van der Waals surface area (Å²) < 4.78 is 24.8. The van der Waals surface area contributed by atoms with E-state index in [2.05, 4.69) is 10.0 Å². The summed E-state index contributed by atoms with van der Waals surface area (Å²) in [5.41, 5.74) is 0. The maximum atomic E-state index is 12.1. The van der Waals surface area contributed by atoms with Gasteiger partial charge >= 0.3 is 5.97 Å². The van der Waals surface area contributed by atoms with E-state index in [0.29, 0.717) is 6.42 Å². The Hall–Kier alpha value is -1.15. The number of hydrogen-bond donors (Lipinski definition) is 3. The molecular weight excluding hydrogens is 284 g/mol. The average molecular weight is 308 g/mol. The van der Waals surface area contributed by atoms with Crippen LogP contribution in [-0.4, -0.2) is 43.7 Å². The highest BCUT2D eigenvalue weighted by atomic mass is 32.2. The Labute approximate surface area is 120 Å². The van der Waals surface area contributed by atoms with E-state index in [9.17, 15) is 18.0 Å². The van der Waals surface area contributed by atoms with E-state index >= 15 is 0 Å². The number of rotatable bonds is 8. The Morgan fingerprint density at radius 1 is 1.15 bits per heavy atom. The molecule has 0 heterocycles. The van der Waals surface area contributed by atoms with E-state index < -0.39 is 34.0 Å². The van der Waals surface area contributed by atoms with Crippen molar-refractivity contribution < 1.29 is 23.1 Å². The molecular formula is C12H24N2O5S. The number of carboxylic acids is 1. The second-order valence-electron chi connectivity index (χ2n) is 5.64. The quantitative estimate of drug-likeness (QED) is 0.592. The van der Waals surface area contributed by atoms with Gasteiger partial charge in [0.05, 0.1) is 6.26 Å². The summed E-state index contributed by atoms with van der Waals surface area (Å²) in [5, 5.41) is 11.4. The van der Waals surface area contributed by atoms with Gasteiger partial charge in [-0.2, -0.15) is 0 Å². The highest BCUT2D eigenvalue weighted by molar-refractivity contribution is 7.88. The lowest BCUT2D eigenvalue weighted by Gasteiger charge is -2.23. The first-order valence-corrected chi connectivity index (χ1v) is 8.33. The molecule has 0 fully saturated rings. The summed E-state index contributed by atoms with van der Waals surface area (Å²) in [6, 6.07) is -2.01. The molecule has 7 nitrogen and oxygen atoms in total. The van der Waals surface area contributed by atoms with Crippen LogP contribution in [0.25, 0.3) is 0 Å². The van der Waals surface area contributed by atoms with Gasteiger partial charge in [0.2, 0.25) is 15.9 Å². The molecule has 0 bridgehead atoms. The van der Waals surface area contributed by atoms with Crippen LogP contribution in [0.4, 0.5) is 0 Å². The summed E-state index contributed by atoms with van der Waals surface area (Å²) in [6.07, 6.45) is 1.26. The second-order valence-corrected chi connectivity index (χ2v) is 7.42. The number of carbonyl (C=O) groups is 2. The molecule has 1 unspecified atom stereocenters. The van der Waals surface area contributed by atoms with Crippen LogP contribution in [-0.2, 0) is 19.6 Å². The van der Waals surface area contributed by atoms with Crippen molar-refractivity contribution in [2.45, 2.75) is 46.2 Å². The minimum absolute atomic E-state index is 0.0855. The second kappa shape index (κ2) is 7.58. The Morgan fingerprint density at radius 2 is 1.65 bits per heavy atom. The van der Waals surface area contributed by atoms with Crippen LogP contribution in [0.15, 0.2) is 0 Å². The molecule has 20 heavy (non-hydrogen) atoms. The Bertz CT molecular complexity index is 445. The van der Waals surface area contributed by atoms with E-state index in [1.165, 1.54) is 0 Å². The number of sulfonamides is 1. The molecule has 0 aromatic carbocycles. The van der Waals surface area contributed by atoms with Crippen LogP contribution < -0.4 is 10.0 Å². The molecule has 2 atom stereocenters. The van der Waals surface area contributed by atoms with E-state index in [0.717, 1.165) is 6.26 Å². The summed E-state index contributed by atoms with van der Waals surface area (Å²) >= 11 is 0. The number of hydrogen-bond acceptors (Lipinski definition) is 4. The van der Waals surface area contributed by atoms with Crippen LogP contribution in [0, 0.1) is 11.8 Å². The van der Waals surface area contributed by atoms with E-state index in [1.807, 2.05) is 13.8 Å². The van der Waals surface area contributed by atoms with E-state index in [1.54, 1.807) is 13.8 Å². The van der Waals surface area contributed by atoms with Gasteiger partial charge in [0.15, 0.2) is 0 Å². The Morgan fingerprint density at radius 3 is 1.95 bits per heavy atom. The lowest BCUT2D eigenvalue weighted by atomic mass is 10.0. The van der Waals surface area contributed by atoms with E-state index in [-0.39, 0.29) is 11.8 Å². The number of aliphatic carboxylic acids is 1. The van der Waals surface area contributed by atoms with Crippen molar-refractivity contribution >= 4 is 21.9 Å². The van der Waals surface area contributed by atoms with E-state index in [4.69, 9.17) is 5.11 Å². The molecule has 3 N–H and O–H groups in total. The first-order chi connectivity index (χ1) is 8.94. The molecule has 1 amide bonds. The van der Waals surface area contributed by atoms with Gasteiger partial charge in [0.25, 0.3) is 0 Å². The molecule has 0 radical (unpaired) electrons. The maximum Gasteiger partial charge on any atom is 0.326 e. The fraction of sp³-hybridized carbons (Fsp3) is 0.833. The monoisotopic (exact) mass is 308 g/mol. The molecule has 8 heteroatoms. The number of amides is 1. The van der Waals surface area contributed by atoms with Crippen LogP contribution in [0.3, 0.4) is 0 Å². The van der Waals surface area contributed by atoms with Crippen molar-refractivity contribution in [2.75, 3.05) is 6.26 Å². The van der Waals surface area contributed by atoms with Crippen LogP contribution in [0.1, 0.15) is 34.1 Å². The average Bonchev–Trinajstić information content (AvgIpc) is 2.20. The number of carbonyl (C=O) groups excluding carboxylic acids is 1. The van der Waals surface area contributed by atoms with Crippen molar-refractivity contribution in [2.24, 2.45) is 11.8 Å². The molecule has 0 aromatic heterocycles. The van der Waals surface area contributed by atoms with Crippen molar-refractivity contribution in [1.82, 2.24) is 10.0 Å². The normalized spacial score (nSPS) is 15.2. The highest BCUT2D eigenvalue weighted by Crippen LogP contribution is 2.08. The minimum atomic E-state index is -3.55. The fourth-order valence-electron chi connectivity index (χ4n) is 1.71. The summed E-state index contributed by atoms with van der Waals surface area (Å²) in [5.74, 6) is -1.97. The maximum absolute atomic E-state index is 12.1. The molecule has 0 saturated heterocycles. The number of nitrogens with one attached hydrogen (secondary N) is 2. The molecule has 0 aromatic rings. The topological polar surface area (TPSA) is 113 Å². The van der Waals surface area contributed by atoms with Gasteiger partial charge < -0.3 is 10.4 Å². The molecule has 0 aliphatic rings. The molecule has 0 aliphatic carbocycles. The summed E-state index contributed by atoms with van der Waals surface area (Å²) in [4.78, 5) is 23.1. The van der Waals surface area contributed by atoms with Gasteiger partial charge in [0, 0.05) is 0 Å². The minimum Gasteiger partial charge on any atom is -0.480 e. The molecule has 0 rings (SSSR count). The van der Waals surface area contributed by atoms with Crippen LogP contribution >= 0.6 is 0 Å². The Kier molecular flexibility index (Phi) is 7.15. The van der Waals surface area contributed by atoms with Crippen molar-refractivity contribution in [1.29, 1.82) is 0 Å². The van der Waals surface area contributed by atoms with Gasteiger partial charge in [-0.1, -0.05) is 27.7 Å². The third kappa shape index (κ3) is 7.44. The molecule has 118 valence electrons. The predicted octanol–water partition coefficient (Wildman–Crippen LogP) is 0.176. The molecule has 0 saturated carbocycles. The largest absolute Gasteiger partial charge is 0.480 e. The SMILES string of the molecule is CC(C)CC(NS(C)(=O)=O)C(=O)N[C@@H](C(=O)O)C(C)C. The van der Waals surface area contributed by atoms with Crippen LogP contribution in [0.2, 0.25) is 0 Å². The third-order valence-corrected chi connectivity index (χ3v) is 3.32. The smallest absolute Gasteiger partial charge is 0.326 e. The highest BCUT2D eigenvalue weighted by Gasteiger charge is 2.29. The zero-order valence-electron chi connectivity index (χ0n) is 12.5. The van der Waals surface area contributed by atoms with Gasteiger partial charge in [-0.05, 0) is 18.3 Å². The van der Waals surface area contributed by atoms with Crippen LogP contribution in [0.5, 0.6) is 0 Å². The predicted molar refractivity (Wildman–Crippen MR) is 75.6 cm³/mol. The molecule has 0 spiro atoms. The van der Waals surface area contributed by atoms with Gasteiger partial charge in [0.1, 0.15) is 12.1 Å². The first-order valence-electron chi connectivity index (χ1n) is 6.44. The fourth-order valence-corrected chi connectivity index (χ4v) is 2.43. The van der Waals surface area contributed by atoms with Crippen molar-refractivity contribution in [3.05, 3.63) is 0 Å². The zero-order chi connectivity index (χ0) is 16.1.